The zero-order valence-corrected chi connectivity index (χ0v) is 14.5. The molecule has 1 aliphatic rings. The van der Waals surface area contributed by atoms with Crippen LogP contribution in [0.4, 0.5) is 17.5 Å². The minimum atomic E-state index is 0.588. The molecule has 0 unspecified atom stereocenters. The number of hydrogen-bond acceptors (Lipinski definition) is 5. The number of hydrogen-bond donors (Lipinski definition) is 1. The van der Waals surface area contributed by atoms with Gasteiger partial charge in [-0.25, -0.2) is 4.98 Å². The number of rotatable bonds is 4. The number of nitrogens with one attached hydrogen (secondary N) is 1. The molecule has 1 aromatic carbocycles. The molecular weight excluding hydrogens is 333 g/mol. The maximum atomic E-state index is 6.03. The second-order valence-electron chi connectivity index (χ2n) is 5.45. The predicted molar refractivity (Wildman–Crippen MR) is 96.1 cm³/mol. The van der Waals surface area contributed by atoms with Gasteiger partial charge in [-0.2, -0.15) is 4.98 Å². The smallest absolute Gasteiger partial charge is 0.227 e. The van der Waals surface area contributed by atoms with Crippen molar-refractivity contribution in [1.82, 2.24) is 14.9 Å². The largest absolute Gasteiger partial charge is 0.340 e. The molecule has 2 aromatic rings. The molecule has 0 aliphatic carbocycles. The van der Waals surface area contributed by atoms with Gasteiger partial charge in [-0.3, -0.25) is 0 Å². The molecule has 5 nitrogen and oxygen atoms in total. The van der Waals surface area contributed by atoms with Crippen molar-refractivity contribution in [2.24, 2.45) is 0 Å². The summed E-state index contributed by atoms with van der Waals surface area (Å²) in [5.74, 6) is 1.48. The van der Waals surface area contributed by atoms with Crippen LogP contribution in [0.2, 0.25) is 10.0 Å². The van der Waals surface area contributed by atoms with Crippen molar-refractivity contribution < 1.29 is 0 Å². The van der Waals surface area contributed by atoms with Crippen molar-refractivity contribution in [2.75, 3.05) is 42.9 Å². The Labute approximate surface area is 146 Å². The molecule has 1 aromatic heterocycles. The third-order valence-electron chi connectivity index (χ3n) is 3.88. The number of nitrogens with zero attached hydrogens (tertiary/aromatic N) is 4. The second-order valence-corrected chi connectivity index (χ2v) is 6.32. The van der Waals surface area contributed by atoms with Crippen LogP contribution in [0.25, 0.3) is 0 Å². The van der Waals surface area contributed by atoms with Gasteiger partial charge in [0.05, 0.1) is 0 Å². The van der Waals surface area contributed by atoms with Crippen LogP contribution in [-0.4, -0.2) is 47.6 Å². The monoisotopic (exact) mass is 351 g/mol. The highest BCUT2D eigenvalue weighted by atomic mass is 35.5. The van der Waals surface area contributed by atoms with Gasteiger partial charge in [0, 0.05) is 48.1 Å². The van der Waals surface area contributed by atoms with E-state index in [0.717, 1.165) is 50.2 Å². The summed E-state index contributed by atoms with van der Waals surface area (Å²) >= 11 is 12.1. The van der Waals surface area contributed by atoms with Crippen molar-refractivity contribution in [3.8, 4) is 0 Å². The molecule has 23 heavy (non-hydrogen) atoms. The molecule has 2 heterocycles. The maximum Gasteiger partial charge on any atom is 0.227 e. The van der Waals surface area contributed by atoms with E-state index in [-0.39, 0.29) is 0 Å². The van der Waals surface area contributed by atoms with Crippen LogP contribution in [0, 0.1) is 0 Å². The van der Waals surface area contributed by atoms with Gasteiger partial charge in [-0.15, -0.1) is 0 Å². The Kier molecular flexibility index (Phi) is 5.20. The summed E-state index contributed by atoms with van der Waals surface area (Å²) < 4.78 is 0. The summed E-state index contributed by atoms with van der Waals surface area (Å²) in [6, 6.07) is 7.16. The van der Waals surface area contributed by atoms with Crippen molar-refractivity contribution in [1.29, 1.82) is 0 Å². The fraction of sp³-hybridized carbons (Fsp3) is 0.375. The Morgan fingerprint density at radius 1 is 1.09 bits per heavy atom. The Hall–Kier alpha value is -1.56. The molecule has 0 spiro atoms. The van der Waals surface area contributed by atoms with Crippen LogP contribution in [-0.2, 0) is 0 Å². The standard InChI is InChI=1S/C16H19Cl2N5/c1-2-22-5-7-23(8-6-22)16-19-4-3-15(21-16)20-14-10-12(17)9-13(18)11-14/h3-4,9-11H,2,5-8H2,1H3,(H,19,20,21). The van der Waals surface area contributed by atoms with E-state index in [0.29, 0.717) is 10.0 Å². The second kappa shape index (κ2) is 7.34. The maximum absolute atomic E-state index is 6.03. The molecule has 122 valence electrons. The Bertz CT molecular complexity index is 651. The molecule has 0 amide bonds. The first-order chi connectivity index (χ1) is 11.1. The highest BCUT2D eigenvalue weighted by molar-refractivity contribution is 6.35. The van der Waals surface area contributed by atoms with E-state index in [1.165, 1.54) is 0 Å². The van der Waals surface area contributed by atoms with Crippen LogP contribution >= 0.6 is 23.2 Å². The van der Waals surface area contributed by atoms with Gasteiger partial charge in [-0.1, -0.05) is 30.1 Å². The lowest BCUT2D eigenvalue weighted by Gasteiger charge is -2.34. The summed E-state index contributed by atoms with van der Waals surface area (Å²) in [7, 11) is 0. The van der Waals surface area contributed by atoms with E-state index in [9.17, 15) is 0 Å². The molecule has 0 saturated carbocycles. The fourth-order valence-corrected chi connectivity index (χ4v) is 3.13. The van der Waals surface area contributed by atoms with Crippen molar-refractivity contribution in [2.45, 2.75) is 6.92 Å². The first-order valence-corrected chi connectivity index (χ1v) is 8.43. The third kappa shape index (κ3) is 4.25. The van der Waals surface area contributed by atoms with Crippen molar-refractivity contribution in [3.05, 3.63) is 40.5 Å². The highest BCUT2D eigenvalue weighted by Crippen LogP contribution is 2.25. The van der Waals surface area contributed by atoms with Crippen molar-refractivity contribution in [3.63, 3.8) is 0 Å². The van der Waals surface area contributed by atoms with Gasteiger partial charge in [0.1, 0.15) is 5.82 Å². The van der Waals surface area contributed by atoms with Crippen LogP contribution < -0.4 is 10.2 Å². The lowest BCUT2D eigenvalue weighted by atomic mass is 10.3. The van der Waals surface area contributed by atoms with Crippen molar-refractivity contribution >= 4 is 40.7 Å². The molecule has 1 N–H and O–H groups in total. The van der Waals surface area contributed by atoms with Gasteiger partial charge in [0.15, 0.2) is 0 Å². The van der Waals surface area contributed by atoms with Gasteiger partial charge >= 0.3 is 0 Å². The van der Waals surface area contributed by atoms with E-state index >= 15 is 0 Å². The van der Waals surface area contributed by atoms with Crippen LogP contribution in [0.5, 0.6) is 0 Å². The van der Waals surface area contributed by atoms with Crippen LogP contribution in [0.1, 0.15) is 6.92 Å². The van der Waals surface area contributed by atoms with Gasteiger partial charge in [0.25, 0.3) is 0 Å². The fourth-order valence-electron chi connectivity index (χ4n) is 2.61. The summed E-state index contributed by atoms with van der Waals surface area (Å²) in [6.45, 7) is 7.25. The SMILES string of the molecule is CCN1CCN(c2nccc(Nc3cc(Cl)cc(Cl)c3)n2)CC1. The zero-order valence-electron chi connectivity index (χ0n) is 13.0. The van der Waals surface area contributed by atoms with E-state index in [1.54, 1.807) is 12.3 Å². The van der Waals surface area contributed by atoms with Gasteiger partial charge in [0.2, 0.25) is 5.95 Å². The normalized spacial score (nSPS) is 15.7. The molecule has 0 atom stereocenters. The van der Waals surface area contributed by atoms with E-state index in [2.05, 4.69) is 32.0 Å². The predicted octanol–water partition coefficient (Wildman–Crippen LogP) is 3.67. The minimum absolute atomic E-state index is 0.588. The molecule has 0 bridgehead atoms. The number of aromatic nitrogens is 2. The number of anilines is 3. The number of halogens is 2. The lowest BCUT2D eigenvalue weighted by Crippen LogP contribution is -2.46. The summed E-state index contributed by atoms with van der Waals surface area (Å²) in [4.78, 5) is 13.6. The Morgan fingerprint density at radius 2 is 1.78 bits per heavy atom. The number of piperazine rings is 1. The number of likely N-dealkylation sites (N-methyl/N-ethyl adjacent to an activating group) is 1. The molecule has 1 fully saturated rings. The first-order valence-electron chi connectivity index (χ1n) is 7.67. The Balaban J connectivity index is 1.72. The first kappa shape index (κ1) is 16.3. The molecule has 3 rings (SSSR count). The van der Waals surface area contributed by atoms with E-state index < -0.39 is 0 Å². The summed E-state index contributed by atoms with van der Waals surface area (Å²) in [5.41, 5.74) is 0.808. The lowest BCUT2D eigenvalue weighted by molar-refractivity contribution is 0.270. The van der Waals surface area contributed by atoms with Gasteiger partial charge < -0.3 is 15.1 Å². The molecule has 7 heteroatoms. The van der Waals surface area contributed by atoms with Crippen LogP contribution in [0.3, 0.4) is 0 Å². The average molecular weight is 352 g/mol. The zero-order chi connectivity index (χ0) is 16.2. The average Bonchev–Trinajstić information content (AvgIpc) is 2.54. The molecule has 0 radical (unpaired) electrons. The third-order valence-corrected chi connectivity index (χ3v) is 4.32. The topological polar surface area (TPSA) is 44.3 Å². The van der Waals surface area contributed by atoms with Crippen LogP contribution in [0.15, 0.2) is 30.5 Å². The number of benzene rings is 1. The molecular formula is C16H19Cl2N5. The molecule has 1 aliphatic heterocycles. The molecule has 1 saturated heterocycles. The van der Waals surface area contributed by atoms with E-state index in [4.69, 9.17) is 23.2 Å². The highest BCUT2D eigenvalue weighted by Gasteiger charge is 2.17. The quantitative estimate of drug-likeness (QED) is 0.910. The Morgan fingerprint density at radius 3 is 2.43 bits per heavy atom. The summed E-state index contributed by atoms with van der Waals surface area (Å²) in [6.07, 6.45) is 1.77. The van der Waals surface area contributed by atoms with E-state index in [1.807, 2.05) is 18.2 Å². The van der Waals surface area contributed by atoms with Gasteiger partial charge in [-0.05, 0) is 30.8 Å². The minimum Gasteiger partial charge on any atom is -0.340 e. The summed E-state index contributed by atoms with van der Waals surface area (Å²) in [5, 5.41) is 4.40.